The third-order valence-corrected chi connectivity index (χ3v) is 4.50. The molecule has 0 spiro atoms. The number of alkyl halides is 3. The molecule has 0 saturated heterocycles. The first-order chi connectivity index (χ1) is 14.6. The van der Waals surface area contributed by atoms with E-state index in [0.29, 0.717) is 5.56 Å². The summed E-state index contributed by atoms with van der Waals surface area (Å²) in [6, 6.07) is 11.2. The second-order valence-electron chi connectivity index (χ2n) is 6.93. The van der Waals surface area contributed by atoms with Crippen molar-refractivity contribution in [2.75, 3.05) is 7.11 Å². The van der Waals surface area contributed by atoms with Crippen LogP contribution in [0.15, 0.2) is 54.6 Å². The third-order valence-electron chi connectivity index (χ3n) is 4.50. The van der Waals surface area contributed by atoms with Gasteiger partial charge in [0.1, 0.15) is 12.1 Å². The molecule has 31 heavy (non-hydrogen) atoms. The van der Waals surface area contributed by atoms with Gasteiger partial charge in [-0.2, -0.15) is 13.2 Å². The summed E-state index contributed by atoms with van der Waals surface area (Å²) >= 11 is 0. The van der Waals surface area contributed by atoms with Crippen LogP contribution in [0.5, 0.6) is 0 Å². The molecule has 0 aliphatic heterocycles. The third kappa shape index (κ3) is 7.44. The maximum absolute atomic E-state index is 12.8. The minimum Gasteiger partial charge on any atom is -0.467 e. The highest BCUT2D eigenvalue weighted by molar-refractivity contribution is 5.90. The standard InChI is InChI=1S/C22H23F3N2O4/c1-14(28)26-18(12-15-6-4-3-5-7-15)20(29)27-19(21(30)31-2)13-16-8-10-17(11-9-16)22(23,24)25/h3-11,18-19H,12-13H2,1-2H3,(H,26,28)(H,27,29)/t18-,19+/m0/s1. The summed E-state index contributed by atoms with van der Waals surface area (Å²) in [6.07, 6.45) is -4.35. The van der Waals surface area contributed by atoms with Crippen LogP contribution in [0.3, 0.4) is 0 Å². The van der Waals surface area contributed by atoms with Crippen LogP contribution in [0.2, 0.25) is 0 Å². The molecule has 0 aromatic heterocycles. The van der Waals surface area contributed by atoms with Crippen molar-refractivity contribution < 1.29 is 32.3 Å². The van der Waals surface area contributed by atoms with Gasteiger partial charge >= 0.3 is 12.1 Å². The average molecular weight is 436 g/mol. The second-order valence-corrected chi connectivity index (χ2v) is 6.93. The molecule has 6 nitrogen and oxygen atoms in total. The molecule has 2 N–H and O–H groups in total. The van der Waals surface area contributed by atoms with Crippen LogP contribution in [-0.4, -0.2) is 37.0 Å². The van der Waals surface area contributed by atoms with Gasteiger partial charge in [0.2, 0.25) is 11.8 Å². The van der Waals surface area contributed by atoms with E-state index in [1.54, 1.807) is 24.3 Å². The molecule has 0 saturated carbocycles. The molecule has 0 aliphatic rings. The molecule has 0 fully saturated rings. The number of halogens is 3. The van der Waals surface area contributed by atoms with E-state index >= 15 is 0 Å². The summed E-state index contributed by atoms with van der Waals surface area (Å²) in [7, 11) is 1.14. The van der Waals surface area contributed by atoms with Gasteiger partial charge in [0, 0.05) is 19.8 Å². The van der Waals surface area contributed by atoms with Crippen LogP contribution in [0, 0.1) is 0 Å². The van der Waals surface area contributed by atoms with Gasteiger partial charge in [0.15, 0.2) is 0 Å². The number of hydrogen-bond acceptors (Lipinski definition) is 4. The molecular formula is C22H23F3N2O4. The molecule has 0 bridgehead atoms. The molecule has 0 radical (unpaired) electrons. The van der Waals surface area contributed by atoms with Crippen molar-refractivity contribution in [2.45, 2.75) is 38.0 Å². The Bertz CT molecular complexity index is 899. The van der Waals surface area contributed by atoms with E-state index in [1.165, 1.54) is 19.1 Å². The quantitative estimate of drug-likeness (QED) is 0.624. The zero-order valence-electron chi connectivity index (χ0n) is 17.0. The van der Waals surface area contributed by atoms with Crippen molar-refractivity contribution in [3.05, 3.63) is 71.3 Å². The lowest BCUT2D eigenvalue weighted by molar-refractivity contribution is -0.145. The lowest BCUT2D eigenvalue weighted by Gasteiger charge is -2.22. The largest absolute Gasteiger partial charge is 0.467 e. The minimum absolute atomic E-state index is 0.0747. The van der Waals surface area contributed by atoms with Crippen molar-refractivity contribution >= 4 is 17.8 Å². The van der Waals surface area contributed by atoms with Crippen molar-refractivity contribution in [3.63, 3.8) is 0 Å². The number of nitrogens with one attached hydrogen (secondary N) is 2. The van der Waals surface area contributed by atoms with Gasteiger partial charge in [-0.3, -0.25) is 9.59 Å². The maximum Gasteiger partial charge on any atom is 0.416 e. The Morgan fingerprint density at radius 3 is 1.94 bits per heavy atom. The molecule has 0 heterocycles. The highest BCUT2D eigenvalue weighted by atomic mass is 19.4. The van der Waals surface area contributed by atoms with Crippen LogP contribution in [-0.2, 0) is 38.1 Å². The fraction of sp³-hybridized carbons (Fsp3) is 0.318. The molecule has 2 aromatic carbocycles. The molecule has 2 aromatic rings. The summed E-state index contributed by atoms with van der Waals surface area (Å²) in [6.45, 7) is 1.27. The summed E-state index contributed by atoms with van der Waals surface area (Å²) in [5.74, 6) is -1.79. The summed E-state index contributed by atoms with van der Waals surface area (Å²) in [4.78, 5) is 36.5. The number of esters is 1. The molecule has 2 rings (SSSR count). The summed E-state index contributed by atoms with van der Waals surface area (Å²) in [5.41, 5.74) is 0.389. The Morgan fingerprint density at radius 2 is 1.42 bits per heavy atom. The molecule has 9 heteroatoms. The Hall–Kier alpha value is -3.36. The number of hydrogen-bond donors (Lipinski definition) is 2. The van der Waals surface area contributed by atoms with Gasteiger partial charge in [0.05, 0.1) is 12.7 Å². The van der Waals surface area contributed by atoms with E-state index in [9.17, 15) is 27.6 Å². The first kappa shape index (κ1) is 23.9. The van der Waals surface area contributed by atoms with E-state index in [4.69, 9.17) is 4.74 Å². The predicted octanol–water partition coefficient (Wildman–Crippen LogP) is 2.65. The Balaban J connectivity index is 2.16. The Kier molecular flexibility index (Phi) is 8.18. The minimum atomic E-state index is -4.47. The number of carbonyl (C=O) groups is 3. The normalized spacial score (nSPS) is 13.1. The molecule has 2 amide bonds. The van der Waals surface area contributed by atoms with Crippen LogP contribution < -0.4 is 10.6 Å². The predicted molar refractivity (Wildman–Crippen MR) is 107 cm³/mol. The molecule has 2 atom stereocenters. The second kappa shape index (κ2) is 10.6. The van der Waals surface area contributed by atoms with Gasteiger partial charge in [-0.25, -0.2) is 4.79 Å². The molecule has 0 aliphatic carbocycles. The van der Waals surface area contributed by atoms with Crippen LogP contribution in [0.1, 0.15) is 23.6 Å². The number of benzene rings is 2. The van der Waals surface area contributed by atoms with E-state index in [0.717, 1.165) is 24.8 Å². The van der Waals surface area contributed by atoms with Crippen LogP contribution in [0.4, 0.5) is 13.2 Å². The van der Waals surface area contributed by atoms with Crippen molar-refractivity contribution in [1.82, 2.24) is 10.6 Å². The number of methoxy groups -OCH3 is 1. The summed E-state index contributed by atoms with van der Waals surface area (Å²) in [5, 5.41) is 5.09. The van der Waals surface area contributed by atoms with Crippen molar-refractivity contribution in [1.29, 1.82) is 0 Å². The topological polar surface area (TPSA) is 84.5 Å². The number of ether oxygens (including phenoxy) is 1. The van der Waals surface area contributed by atoms with Crippen LogP contribution >= 0.6 is 0 Å². The molecular weight excluding hydrogens is 413 g/mol. The average Bonchev–Trinajstić information content (AvgIpc) is 2.72. The Morgan fingerprint density at radius 1 is 0.871 bits per heavy atom. The van der Waals surface area contributed by atoms with Crippen molar-refractivity contribution in [2.24, 2.45) is 0 Å². The number of rotatable bonds is 8. The van der Waals surface area contributed by atoms with Gasteiger partial charge in [-0.15, -0.1) is 0 Å². The van der Waals surface area contributed by atoms with E-state index in [2.05, 4.69) is 10.6 Å². The monoisotopic (exact) mass is 436 g/mol. The van der Waals surface area contributed by atoms with E-state index in [-0.39, 0.29) is 12.8 Å². The van der Waals surface area contributed by atoms with Gasteiger partial charge in [-0.1, -0.05) is 42.5 Å². The maximum atomic E-state index is 12.8. The first-order valence-corrected chi connectivity index (χ1v) is 9.45. The van der Waals surface area contributed by atoms with Gasteiger partial charge in [-0.05, 0) is 23.3 Å². The van der Waals surface area contributed by atoms with Gasteiger partial charge < -0.3 is 15.4 Å². The SMILES string of the molecule is COC(=O)[C@@H](Cc1ccc(C(F)(F)F)cc1)NC(=O)[C@H](Cc1ccccc1)NC(C)=O. The first-order valence-electron chi connectivity index (χ1n) is 9.45. The zero-order chi connectivity index (χ0) is 23.0. The lowest BCUT2D eigenvalue weighted by atomic mass is 10.0. The van der Waals surface area contributed by atoms with E-state index < -0.39 is 41.6 Å². The Labute approximate surface area is 177 Å². The van der Waals surface area contributed by atoms with Gasteiger partial charge in [0.25, 0.3) is 0 Å². The summed E-state index contributed by atoms with van der Waals surface area (Å²) < 4.78 is 43.0. The lowest BCUT2D eigenvalue weighted by Crippen LogP contribution is -2.53. The fourth-order valence-corrected chi connectivity index (χ4v) is 2.98. The van der Waals surface area contributed by atoms with Crippen LogP contribution in [0.25, 0.3) is 0 Å². The highest BCUT2D eigenvalue weighted by Gasteiger charge is 2.31. The number of amides is 2. The molecule has 166 valence electrons. The van der Waals surface area contributed by atoms with Crippen molar-refractivity contribution in [3.8, 4) is 0 Å². The molecule has 0 unspecified atom stereocenters. The van der Waals surface area contributed by atoms with E-state index in [1.807, 2.05) is 6.07 Å². The highest BCUT2D eigenvalue weighted by Crippen LogP contribution is 2.29. The smallest absolute Gasteiger partial charge is 0.416 e. The number of carbonyl (C=O) groups excluding carboxylic acids is 3. The zero-order valence-corrected chi connectivity index (χ0v) is 17.0. The fourth-order valence-electron chi connectivity index (χ4n) is 2.98.